The van der Waals surface area contributed by atoms with E-state index in [-0.39, 0.29) is 10.9 Å². The Labute approximate surface area is 116 Å². The van der Waals surface area contributed by atoms with Crippen LogP contribution in [0.3, 0.4) is 0 Å². The van der Waals surface area contributed by atoms with Crippen molar-refractivity contribution >= 4 is 31.6 Å². The summed E-state index contributed by atoms with van der Waals surface area (Å²) in [5, 5.41) is 0. The number of hydrogen-bond acceptors (Lipinski definition) is 3. The Morgan fingerprint density at radius 3 is 2.67 bits per heavy atom. The summed E-state index contributed by atoms with van der Waals surface area (Å²) >= 11 is 3.25. The monoisotopic (exact) mass is 332 g/mol. The van der Waals surface area contributed by atoms with Crippen LogP contribution in [-0.2, 0) is 10.0 Å². The summed E-state index contributed by atoms with van der Waals surface area (Å²) in [5.41, 5.74) is 6.15. The van der Waals surface area contributed by atoms with E-state index in [9.17, 15) is 8.42 Å². The lowest BCUT2D eigenvalue weighted by Crippen LogP contribution is -2.36. The van der Waals surface area contributed by atoms with E-state index in [1.165, 1.54) is 6.07 Å². The van der Waals surface area contributed by atoms with Gasteiger partial charge in [-0.1, -0.05) is 13.3 Å². The van der Waals surface area contributed by atoms with E-state index in [1.807, 2.05) is 0 Å². The van der Waals surface area contributed by atoms with Crippen LogP contribution in [0, 0.1) is 5.92 Å². The Hall–Kier alpha value is -0.590. The van der Waals surface area contributed by atoms with Crippen molar-refractivity contribution in [1.82, 2.24) is 4.72 Å². The van der Waals surface area contributed by atoms with Crippen LogP contribution in [0.1, 0.15) is 26.2 Å². The SMILES string of the molecule is CC1CCCC1NS(=O)(=O)c1ccc(N)cc1Br. The first kappa shape index (κ1) is 13.8. The van der Waals surface area contributed by atoms with Gasteiger partial charge in [-0.3, -0.25) is 0 Å². The molecule has 1 saturated carbocycles. The van der Waals surface area contributed by atoms with Gasteiger partial charge in [-0.25, -0.2) is 13.1 Å². The Kier molecular flexibility index (Phi) is 3.99. The standard InChI is InChI=1S/C12H17BrN2O2S/c1-8-3-2-4-11(8)15-18(16,17)12-6-5-9(14)7-10(12)13/h5-8,11,15H,2-4,14H2,1H3. The molecular weight excluding hydrogens is 316 g/mol. The largest absolute Gasteiger partial charge is 0.399 e. The number of halogens is 1. The van der Waals surface area contributed by atoms with Gasteiger partial charge in [0.05, 0.1) is 4.90 Å². The van der Waals surface area contributed by atoms with Crippen LogP contribution in [0.15, 0.2) is 27.6 Å². The van der Waals surface area contributed by atoms with Crippen molar-refractivity contribution < 1.29 is 8.42 Å². The van der Waals surface area contributed by atoms with Crippen LogP contribution in [0.5, 0.6) is 0 Å². The lowest BCUT2D eigenvalue weighted by Gasteiger charge is -2.18. The van der Waals surface area contributed by atoms with Gasteiger partial charge in [-0.05, 0) is 52.9 Å². The highest BCUT2D eigenvalue weighted by molar-refractivity contribution is 9.10. The topological polar surface area (TPSA) is 72.2 Å². The molecule has 2 unspecified atom stereocenters. The van der Waals surface area contributed by atoms with Crippen LogP contribution < -0.4 is 10.5 Å². The molecule has 100 valence electrons. The minimum Gasteiger partial charge on any atom is -0.399 e. The first-order valence-electron chi connectivity index (χ1n) is 5.97. The molecule has 3 N–H and O–H groups in total. The molecule has 0 bridgehead atoms. The van der Waals surface area contributed by atoms with Crippen LogP contribution in [0.4, 0.5) is 5.69 Å². The molecule has 0 heterocycles. The van der Waals surface area contributed by atoms with Gasteiger partial charge in [0.1, 0.15) is 0 Å². The summed E-state index contributed by atoms with van der Waals surface area (Å²) < 4.78 is 27.9. The molecular formula is C12H17BrN2O2S. The summed E-state index contributed by atoms with van der Waals surface area (Å²) in [6, 6.07) is 4.77. The maximum atomic E-state index is 12.3. The quantitative estimate of drug-likeness (QED) is 0.835. The third-order valence-electron chi connectivity index (χ3n) is 3.41. The normalized spacial score (nSPS) is 24.3. The van der Waals surface area contributed by atoms with Gasteiger partial charge in [0, 0.05) is 16.2 Å². The fraction of sp³-hybridized carbons (Fsp3) is 0.500. The van der Waals surface area contributed by atoms with E-state index in [1.54, 1.807) is 12.1 Å². The van der Waals surface area contributed by atoms with Crippen LogP contribution >= 0.6 is 15.9 Å². The minimum absolute atomic E-state index is 0.0412. The van der Waals surface area contributed by atoms with Crippen molar-refractivity contribution in [3.63, 3.8) is 0 Å². The molecule has 0 radical (unpaired) electrons. The summed E-state index contributed by atoms with van der Waals surface area (Å²) in [5.74, 6) is 0.396. The van der Waals surface area contributed by atoms with Crippen molar-refractivity contribution in [3.8, 4) is 0 Å². The fourth-order valence-corrected chi connectivity index (χ4v) is 4.79. The number of sulfonamides is 1. The van der Waals surface area contributed by atoms with Crippen molar-refractivity contribution in [1.29, 1.82) is 0 Å². The van der Waals surface area contributed by atoms with Gasteiger partial charge in [-0.2, -0.15) is 0 Å². The van der Waals surface area contributed by atoms with Crippen LogP contribution in [0.25, 0.3) is 0 Å². The summed E-state index contributed by atoms with van der Waals surface area (Å²) in [6.07, 6.45) is 3.07. The first-order chi connectivity index (χ1) is 8.40. The van der Waals surface area contributed by atoms with Gasteiger partial charge in [0.25, 0.3) is 0 Å². The predicted molar refractivity (Wildman–Crippen MR) is 75.7 cm³/mol. The predicted octanol–water partition coefficient (Wildman–Crippen LogP) is 2.50. The van der Waals surface area contributed by atoms with Crippen LogP contribution in [-0.4, -0.2) is 14.5 Å². The number of rotatable bonds is 3. The van der Waals surface area contributed by atoms with Gasteiger partial charge >= 0.3 is 0 Å². The molecule has 1 aliphatic rings. The lowest BCUT2D eigenvalue weighted by molar-refractivity contribution is 0.476. The van der Waals surface area contributed by atoms with E-state index in [0.717, 1.165) is 19.3 Å². The molecule has 0 saturated heterocycles. The highest BCUT2D eigenvalue weighted by Gasteiger charge is 2.29. The number of nitrogens with two attached hydrogens (primary N) is 1. The molecule has 2 rings (SSSR count). The molecule has 2 atom stereocenters. The molecule has 1 fully saturated rings. The Bertz CT molecular complexity index is 545. The molecule has 1 aliphatic carbocycles. The molecule has 1 aromatic carbocycles. The highest BCUT2D eigenvalue weighted by atomic mass is 79.9. The molecule has 0 aromatic heterocycles. The maximum absolute atomic E-state index is 12.3. The van der Waals surface area contributed by atoms with Gasteiger partial charge in [-0.15, -0.1) is 0 Å². The second-order valence-electron chi connectivity index (χ2n) is 4.83. The van der Waals surface area contributed by atoms with E-state index in [2.05, 4.69) is 27.6 Å². The van der Waals surface area contributed by atoms with E-state index in [4.69, 9.17) is 5.73 Å². The fourth-order valence-electron chi connectivity index (χ4n) is 2.32. The zero-order valence-electron chi connectivity index (χ0n) is 10.2. The van der Waals surface area contributed by atoms with Gasteiger partial charge in [0.15, 0.2) is 0 Å². The summed E-state index contributed by atoms with van der Waals surface area (Å²) in [6.45, 7) is 2.08. The number of anilines is 1. The van der Waals surface area contributed by atoms with Crippen LogP contribution in [0.2, 0.25) is 0 Å². The van der Waals surface area contributed by atoms with E-state index >= 15 is 0 Å². The molecule has 0 amide bonds. The minimum atomic E-state index is -3.48. The lowest BCUT2D eigenvalue weighted by atomic mass is 10.1. The summed E-state index contributed by atoms with van der Waals surface area (Å²) in [7, 11) is -3.48. The molecule has 0 spiro atoms. The average molecular weight is 333 g/mol. The third kappa shape index (κ3) is 2.87. The zero-order valence-corrected chi connectivity index (χ0v) is 12.6. The second-order valence-corrected chi connectivity index (χ2v) is 7.36. The Morgan fingerprint density at radius 1 is 1.39 bits per heavy atom. The Morgan fingerprint density at radius 2 is 2.11 bits per heavy atom. The zero-order chi connectivity index (χ0) is 13.3. The Balaban J connectivity index is 2.25. The highest BCUT2D eigenvalue weighted by Crippen LogP contribution is 2.29. The maximum Gasteiger partial charge on any atom is 0.241 e. The average Bonchev–Trinajstić information content (AvgIpc) is 2.63. The van der Waals surface area contributed by atoms with Gasteiger partial charge < -0.3 is 5.73 Å². The van der Waals surface area contributed by atoms with Crippen molar-refractivity contribution in [2.75, 3.05) is 5.73 Å². The summed E-state index contributed by atoms with van der Waals surface area (Å²) in [4.78, 5) is 0.246. The molecule has 6 heteroatoms. The van der Waals surface area contributed by atoms with E-state index < -0.39 is 10.0 Å². The van der Waals surface area contributed by atoms with E-state index in [0.29, 0.717) is 16.1 Å². The number of nitrogen functional groups attached to an aromatic ring is 1. The van der Waals surface area contributed by atoms with Crippen molar-refractivity contribution in [2.24, 2.45) is 5.92 Å². The second kappa shape index (κ2) is 5.19. The third-order valence-corrected chi connectivity index (χ3v) is 5.88. The van der Waals surface area contributed by atoms with Gasteiger partial charge in [0.2, 0.25) is 10.0 Å². The van der Waals surface area contributed by atoms with Crippen molar-refractivity contribution in [3.05, 3.63) is 22.7 Å². The molecule has 18 heavy (non-hydrogen) atoms. The number of benzene rings is 1. The number of hydrogen-bond donors (Lipinski definition) is 2. The first-order valence-corrected chi connectivity index (χ1v) is 8.25. The van der Waals surface area contributed by atoms with Crippen molar-refractivity contribution in [2.45, 2.75) is 37.1 Å². The molecule has 4 nitrogen and oxygen atoms in total. The molecule has 1 aromatic rings. The molecule has 0 aliphatic heterocycles. The smallest absolute Gasteiger partial charge is 0.241 e. The number of nitrogens with one attached hydrogen (secondary N) is 1.